The molecule has 1 aromatic rings. The number of carbonyl (C=O) groups excluding carboxylic acids is 2. The Morgan fingerprint density at radius 3 is 2.64 bits per heavy atom. The summed E-state index contributed by atoms with van der Waals surface area (Å²) in [5.41, 5.74) is 6.52. The molecule has 1 fully saturated rings. The third-order valence-electron chi connectivity index (χ3n) is 4.51. The van der Waals surface area contributed by atoms with E-state index in [1.807, 2.05) is 32.0 Å². The maximum atomic E-state index is 12.6. The van der Waals surface area contributed by atoms with Crippen molar-refractivity contribution in [1.82, 2.24) is 10.2 Å². The van der Waals surface area contributed by atoms with E-state index in [1.54, 1.807) is 17.0 Å². The number of nitrogens with zero attached hydrogens (tertiary/aromatic N) is 1. The van der Waals surface area contributed by atoms with Gasteiger partial charge in [0.2, 0.25) is 5.91 Å². The normalized spacial score (nSPS) is 22.4. The number of nitrogens with two attached hydrogens (primary N) is 1. The molecule has 0 spiro atoms. The molecule has 1 aromatic carbocycles. The summed E-state index contributed by atoms with van der Waals surface area (Å²) in [4.78, 5) is 26.4. The first-order valence-corrected chi connectivity index (χ1v) is 8.96. The van der Waals surface area contributed by atoms with Crippen molar-refractivity contribution < 1.29 is 14.7 Å². The highest BCUT2D eigenvalue weighted by molar-refractivity contribution is 5.94. The van der Waals surface area contributed by atoms with Crippen LogP contribution in [-0.2, 0) is 4.79 Å². The van der Waals surface area contributed by atoms with E-state index in [2.05, 4.69) is 5.32 Å². The number of likely N-dealkylation sites (tertiary alicyclic amines) is 1. The second-order valence-electron chi connectivity index (χ2n) is 7.18. The monoisotopic (exact) mass is 347 g/mol. The van der Waals surface area contributed by atoms with E-state index < -0.39 is 12.1 Å². The lowest BCUT2D eigenvalue weighted by atomic mass is 10.0. The summed E-state index contributed by atoms with van der Waals surface area (Å²) in [5.74, 6) is 0.00233. The summed E-state index contributed by atoms with van der Waals surface area (Å²) in [6, 6.07) is 8.09. The maximum Gasteiger partial charge on any atom is 0.253 e. The van der Waals surface area contributed by atoms with Gasteiger partial charge in [0.05, 0.1) is 18.2 Å². The molecular formula is C19H29N3O3. The van der Waals surface area contributed by atoms with Crippen molar-refractivity contribution in [3.05, 3.63) is 35.9 Å². The average molecular weight is 347 g/mol. The Bertz CT molecular complexity index is 577. The molecule has 0 aromatic heterocycles. The Hall–Kier alpha value is -1.92. The van der Waals surface area contributed by atoms with E-state index in [0.717, 1.165) is 6.42 Å². The number of hydrogen-bond acceptors (Lipinski definition) is 4. The summed E-state index contributed by atoms with van der Waals surface area (Å²) < 4.78 is 0. The first-order valence-electron chi connectivity index (χ1n) is 8.96. The minimum absolute atomic E-state index is 0.0943. The minimum atomic E-state index is -0.801. The molecular weight excluding hydrogens is 318 g/mol. The van der Waals surface area contributed by atoms with E-state index in [4.69, 9.17) is 5.73 Å². The van der Waals surface area contributed by atoms with Crippen LogP contribution in [0.2, 0.25) is 0 Å². The number of amides is 2. The molecule has 1 aliphatic rings. The molecule has 3 atom stereocenters. The fraction of sp³-hybridized carbons (Fsp3) is 0.579. The number of benzene rings is 1. The summed E-state index contributed by atoms with van der Waals surface area (Å²) in [6.07, 6.45) is 1.15. The maximum absolute atomic E-state index is 12.6. The predicted octanol–water partition coefficient (Wildman–Crippen LogP) is 1.14. The van der Waals surface area contributed by atoms with Crippen LogP contribution in [0.1, 0.15) is 43.5 Å². The molecule has 6 heteroatoms. The Kier molecular flexibility index (Phi) is 6.96. The van der Waals surface area contributed by atoms with Crippen LogP contribution in [0.25, 0.3) is 0 Å². The van der Waals surface area contributed by atoms with E-state index in [1.165, 1.54) is 0 Å². The zero-order chi connectivity index (χ0) is 18.4. The van der Waals surface area contributed by atoms with Crippen molar-refractivity contribution in [3.63, 3.8) is 0 Å². The van der Waals surface area contributed by atoms with Crippen LogP contribution >= 0.6 is 0 Å². The van der Waals surface area contributed by atoms with Gasteiger partial charge in [0.1, 0.15) is 0 Å². The van der Waals surface area contributed by atoms with E-state index in [0.29, 0.717) is 30.9 Å². The van der Waals surface area contributed by atoms with Crippen molar-refractivity contribution in [2.24, 2.45) is 11.7 Å². The topological polar surface area (TPSA) is 95.7 Å². The molecule has 4 N–H and O–H groups in total. The number of hydrogen-bond donors (Lipinski definition) is 3. The van der Waals surface area contributed by atoms with E-state index >= 15 is 0 Å². The predicted molar refractivity (Wildman–Crippen MR) is 96.9 cm³/mol. The second-order valence-corrected chi connectivity index (χ2v) is 7.18. The van der Waals surface area contributed by atoms with Crippen LogP contribution in [0.15, 0.2) is 30.3 Å². The highest BCUT2D eigenvalue weighted by atomic mass is 16.3. The third-order valence-corrected chi connectivity index (χ3v) is 4.51. The first-order chi connectivity index (χ1) is 11.9. The van der Waals surface area contributed by atoms with Crippen molar-refractivity contribution in [3.8, 4) is 0 Å². The molecule has 2 amide bonds. The van der Waals surface area contributed by atoms with Crippen LogP contribution in [0.4, 0.5) is 0 Å². The van der Waals surface area contributed by atoms with Gasteiger partial charge in [-0.05, 0) is 37.3 Å². The average Bonchev–Trinajstić information content (AvgIpc) is 2.76. The van der Waals surface area contributed by atoms with E-state index in [-0.39, 0.29) is 24.4 Å². The number of aliphatic hydroxyl groups is 1. The standard InChI is InChI=1S/C19H29N3O3/c1-13(2)11-15(20)18(24)21-16-9-6-10-22(12-17(16)23)19(25)14-7-4-3-5-8-14/h3-5,7-8,13,15-17,23H,6,9-12,20H2,1-2H3,(H,21,24)/t15-,16?,17?/m0/s1. The Morgan fingerprint density at radius 1 is 1.32 bits per heavy atom. The highest BCUT2D eigenvalue weighted by Crippen LogP contribution is 2.15. The lowest BCUT2D eigenvalue weighted by Gasteiger charge is -2.26. The first kappa shape index (κ1) is 19.4. The minimum Gasteiger partial charge on any atom is -0.389 e. The van der Waals surface area contributed by atoms with Gasteiger partial charge in [-0.3, -0.25) is 9.59 Å². The zero-order valence-electron chi connectivity index (χ0n) is 15.0. The second kappa shape index (κ2) is 8.97. The van der Waals surface area contributed by atoms with Gasteiger partial charge in [-0.25, -0.2) is 0 Å². The fourth-order valence-corrected chi connectivity index (χ4v) is 3.16. The molecule has 1 saturated heterocycles. The van der Waals surface area contributed by atoms with Crippen molar-refractivity contribution in [2.75, 3.05) is 13.1 Å². The smallest absolute Gasteiger partial charge is 0.253 e. The Balaban J connectivity index is 1.95. The van der Waals surface area contributed by atoms with Crippen LogP contribution < -0.4 is 11.1 Å². The van der Waals surface area contributed by atoms with E-state index in [9.17, 15) is 14.7 Å². The molecule has 6 nitrogen and oxygen atoms in total. The van der Waals surface area contributed by atoms with Gasteiger partial charge in [0, 0.05) is 18.7 Å². The molecule has 1 heterocycles. The largest absolute Gasteiger partial charge is 0.389 e. The van der Waals surface area contributed by atoms with Gasteiger partial charge in [-0.1, -0.05) is 32.0 Å². The molecule has 138 valence electrons. The number of carbonyl (C=O) groups is 2. The number of rotatable bonds is 5. The number of aliphatic hydroxyl groups excluding tert-OH is 1. The quantitative estimate of drug-likeness (QED) is 0.744. The molecule has 2 unspecified atom stereocenters. The number of nitrogens with one attached hydrogen (secondary N) is 1. The van der Waals surface area contributed by atoms with Crippen molar-refractivity contribution in [1.29, 1.82) is 0 Å². The molecule has 0 aliphatic carbocycles. The van der Waals surface area contributed by atoms with Gasteiger partial charge in [0.25, 0.3) is 5.91 Å². The third kappa shape index (κ3) is 5.54. The van der Waals surface area contributed by atoms with Crippen LogP contribution in [0.5, 0.6) is 0 Å². The van der Waals surface area contributed by atoms with Gasteiger partial charge >= 0.3 is 0 Å². The highest BCUT2D eigenvalue weighted by Gasteiger charge is 2.30. The molecule has 2 rings (SSSR count). The molecule has 1 aliphatic heterocycles. The van der Waals surface area contributed by atoms with Gasteiger partial charge < -0.3 is 21.1 Å². The van der Waals surface area contributed by atoms with Gasteiger partial charge in [0.15, 0.2) is 0 Å². The van der Waals surface area contributed by atoms with Crippen molar-refractivity contribution in [2.45, 2.75) is 51.3 Å². The molecule has 0 saturated carbocycles. The van der Waals surface area contributed by atoms with Crippen molar-refractivity contribution >= 4 is 11.8 Å². The fourth-order valence-electron chi connectivity index (χ4n) is 3.16. The van der Waals surface area contributed by atoms with Crippen LogP contribution in [0.3, 0.4) is 0 Å². The summed E-state index contributed by atoms with van der Waals surface area (Å²) >= 11 is 0. The van der Waals surface area contributed by atoms with Gasteiger partial charge in [-0.2, -0.15) is 0 Å². The van der Waals surface area contributed by atoms with Crippen LogP contribution in [0, 0.1) is 5.92 Å². The van der Waals surface area contributed by atoms with Crippen LogP contribution in [-0.4, -0.2) is 53.1 Å². The van der Waals surface area contributed by atoms with Gasteiger partial charge in [-0.15, -0.1) is 0 Å². The lowest BCUT2D eigenvalue weighted by molar-refractivity contribution is -0.124. The molecule has 0 bridgehead atoms. The summed E-state index contributed by atoms with van der Waals surface area (Å²) in [5, 5.41) is 13.3. The Morgan fingerprint density at radius 2 is 2.00 bits per heavy atom. The lowest BCUT2D eigenvalue weighted by Crippen LogP contribution is -2.51. The zero-order valence-corrected chi connectivity index (χ0v) is 15.0. The summed E-state index contributed by atoms with van der Waals surface area (Å²) in [7, 11) is 0. The molecule has 25 heavy (non-hydrogen) atoms. The number of β-amino-alcohol motifs (C(OH)–C–C–N with tert-alkyl or cyclic N) is 1. The Labute approximate surface area is 149 Å². The SMILES string of the molecule is CC(C)C[C@H](N)C(=O)NC1CCCN(C(=O)c2ccccc2)CC1O. The molecule has 0 radical (unpaired) electrons. The summed E-state index contributed by atoms with van der Waals surface area (Å²) in [6.45, 7) is 4.80.